The number of hydrogen-bond donors (Lipinski definition) is 1. The molecule has 0 aliphatic carbocycles. The van der Waals surface area contributed by atoms with Crippen LogP contribution in [0.1, 0.15) is 24.5 Å². The lowest BCUT2D eigenvalue weighted by molar-refractivity contribution is -0.134. The molecular weight excluding hydrogens is 418 g/mol. The van der Waals surface area contributed by atoms with Crippen molar-refractivity contribution in [3.63, 3.8) is 0 Å². The van der Waals surface area contributed by atoms with Crippen molar-refractivity contribution in [2.45, 2.75) is 25.3 Å². The lowest BCUT2D eigenvalue weighted by Gasteiger charge is -2.31. The third-order valence-corrected chi connectivity index (χ3v) is 6.60. The van der Waals surface area contributed by atoms with Crippen LogP contribution in [-0.4, -0.2) is 42.9 Å². The minimum Gasteiger partial charge on any atom is -0.495 e. The fraction of sp³-hybridized carbons (Fsp3) is 0.269. The molecule has 1 unspecified atom stereocenters. The summed E-state index contributed by atoms with van der Waals surface area (Å²) in [5, 5.41) is 4.83. The zero-order valence-electron chi connectivity index (χ0n) is 18.6. The van der Waals surface area contributed by atoms with Crippen molar-refractivity contribution in [2.75, 3.05) is 25.1 Å². The number of urea groups is 1. The number of para-hydroxylation sites is 1. The number of carbonyl (C=O) groups excluding carboxylic acids is 3. The van der Waals surface area contributed by atoms with Crippen LogP contribution in [0.5, 0.6) is 5.75 Å². The van der Waals surface area contributed by atoms with E-state index in [9.17, 15) is 14.4 Å². The van der Waals surface area contributed by atoms with Crippen LogP contribution in [0, 0.1) is 0 Å². The van der Waals surface area contributed by atoms with E-state index in [1.165, 1.54) is 0 Å². The summed E-state index contributed by atoms with van der Waals surface area (Å²) >= 11 is 0. The molecule has 7 nitrogen and oxygen atoms in total. The Morgan fingerprint density at radius 3 is 2.64 bits per heavy atom. The highest BCUT2D eigenvalue weighted by Gasteiger charge is 2.50. The Morgan fingerprint density at radius 1 is 1.06 bits per heavy atom. The van der Waals surface area contributed by atoms with Crippen LogP contribution >= 0.6 is 0 Å². The van der Waals surface area contributed by atoms with Gasteiger partial charge in [0.1, 0.15) is 17.8 Å². The van der Waals surface area contributed by atoms with Gasteiger partial charge >= 0.3 is 6.03 Å². The number of benzene rings is 3. The molecule has 0 radical (unpaired) electrons. The molecule has 168 valence electrons. The first kappa shape index (κ1) is 21.0. The van der Waals surface area contributed by atoms with E-state index < -0.39 is 17.5 Å². The van der Waals surface area contributed by atoms with E-state index in [0.29, 0.717) is 17.9 Å². The standard InChI is InChI=1S/C26H25N3O4/c1-26(20-13-12-17-7-3-4-8-19(17)15-20)24(31)29(25(32)27-26)16-22(30)28-14-6-10-18-9-5-11-21(33-2)23(18)28/h3-5,7-9,11-13,15H,6,10,14,16H2,1-2H3,(H,27,32). The van der Waals surface area contributed by atoms with Crippen molar-refractivity contribution in [3.8, 4) is 5.75 Å². The van der Waals surface area contributed by atoms with Gasteiger partial charge in [0.25, 0.3) is 5.91 Å². The van der Waals surface area contributed by atoms with Crippen LogP contribution in [-0.2, 0) is 21.5 Å². The molecule has 0 bridgehead atoms. The number of carbonyl (C=O) groups is 3. The normalized spacial score (nSPS) is 20.1. The maximum Gasteiger partial charge on any atom is 0.325 e. The number of ether oxygens (including phenoxy) is 1. The molecule has 4 amide bonds. The Labute approximate surface area is 191 Å². The molecule has 0 saturated carbocycles. The molecule has 2 aliphatic heterocycles. The lowest BCUT2D eigenvalue weighted by Crippen LogP contribution is -2.46. The molecule has 1 atom stereocenters. The quantitative estimate of drug-likeness (QED) is 0.625. The van der Waals surface area contributed by atoms with Crippen molar-refractivity contribution in [2.24, 2.45) is 0 Å². The summed E-state index contributed by atoms with van der Waals surface area (Å²) in [4.78, 5) is 42.2. The maximum absolute atomic E-state index is 13.4. The minimum atomic E-state index is -1.24. The molecule has 0 spiro atoms. The third kappa shape index (κ3) is 3.40. The predicted molar refractivity (Wildman–Crippen MR) is 125 cm³/mol. The maximum atomic E-state index is 13.4. The molecule has 1 N–H and O–H groups in total. The summed E-state index contributed by atoms with van der Waals surface area (Å²) in [6.07, 6.45) is 1.65. The summed E-state index contributed by atoms with van der Waals surface area (Å²) < 4.78 is 5.48. The zero-order valence-corrected chi connectivity index (χ0v) is 18.6. The Kier molecular flexibility index (Phi) is 5.04. The highest BCUT2D eigenvalue weighted by Crippen LogP contribution is 2.37. The van der Waals surface area contributed by atoms with Gasteiger partial charge in [-0.25, -0.2) is 4.79 Å². The minimum absolute atomic E-state index is 0.313. The smallest absolute Gasteiger partial charge is 0.325 e. The number of nitrogens with zero attached hydrogens (tertiary/aromatic N) is 2. The zero-order chi connectivity index (χ0) is 23.2. The van der Waals surface area contributed by atoms with Crippen LogP contribution in [0.3, 0.4) is 0 Å². The first-order valence-corrected chi connectivity index (χ1v) is 11.0. The molecule has 7 heteroatoms. The van der Waals surface area contributed by atoms with Crippen molar-refractivity contribution in [3.05, 3.63) is 71.8 Å². The van der Waals surface area contributed by atoms with E-state index in [-0.39, 0.29) is 12.5 Å². The molecule has 2 aliphatic rings. The first-order valence-electron chi connectivity index (χ1n) is 11.0. The van der Waals surface area contributed by atoms with Gasteiger partial charge in [-0.3, -0.25) is 14.5 Å². The molecule has 33 heavy (non-hydrogen) atoms. The summed E-state index contributed by atoms with van der Waals surface area (Å²) in [6.45, 7) is 1.87. The van der Waals surface area contributed by atoms with Crippen LogP contribution in [0.2, 0.25) is 0 Å². The number of methoxy groups -OCH3 is 1. The van der Waals surface area contributed by atoms with E-state index in [1.807, 2.05) is 60.7 Å². The predicted octanol–water partition coefficient (Wildman–Crippen LogP) is 3.59. The number of imide groups is 1. The van der Waals surface area contributed by atoms with Gasteiger partial charge in [-0.15, -0.1) is 0 Å². The number of nitrogens with one attached hydrogen (secondary N) is 1. The second-order valence-corrected chi connectivity index (χ2v) is 8.63. The summed E-state index contributed by atoms with van der Waals surface area (Å²) in [5.41, 5.74) is 1.19. The second-order valence-electron chi connectivity index (χ2n) is 8.63. The van der Waals surface area contributed by atoms with Gasteiger partial charge in [0.2, 0.25) is 5.91 Å². The summed E-state index contributed by atoms with van der Waals surface area (Å²) in [6, 6.07) is 18.6. The SMILES string of the molecule is COc1cccc2c1N(C(=O)CN1C(=O)NC(C)(c3ccc4ccccc4c3)C1=O)CCC2. The molecule has 3 aromatic carbocycles. The Bertz CT molecular complexity index is 1270. The molecule has 5 rings (SSSR count). The Balaban J connectivity index is 1.42. The van der Waals surface area contributed by atoms with E-state index >= 15 is 0 Å². The highest BCUT2D eigenvalue weighted by atomic mass is 16.5. The van der Waals surface area contributed by atoms with E-state index in [2.05, 4.69) is 5.32 Å². The van der Waals surface area contributed by atoms with Gasteiger partial charge < -0.3 is 15.0 Å². The molecular formula is C26H25N3O4. The highest BCUT2D eigenvalue weighted by molar-refractivity contribution is 6.11. The van der Waals surface area contributed by atoms with Crippen LogP contribution < -0.4 is 15.0 Å². The van der Waals surface area contributed by atoms with E-state index in [4.69, 9.17) is 4.74 Å². The van der Waals surface area contributed by atoms with Gasteiger partial charge in [0.05, 0.1) is 12.8 Å². The van der Waals surface area contributed by atoms with Gasteiger partial charge in [0.15, 0.2) is 0 Å². The van der Waals surface area contributed by atoms with Crippen LogP contribution in [0.4, 0.5) is 10.5 Å². The Hall–Kier alpha value is -3.87. The third-order valence-electron chi connectivity index (χ3n) is 6.60. The fourth-order valence-electron chi connectivity index (χ4n) is 4.79. The fourth-order valence-corrected chi connectivity index (χ4v) is 4.79. The van der Waals surface area contributed by atoms with Crippen LogP contribution in [0.25, 0.3) is 10.8 Å². The van der Waals surface area contributed by atoms with Gasteiger partial charge in [-0.2, -0.15) is 0 Å². The number of hydrogen-bond acceptors (Lipinski definition) is 4. The number of anilines is 1. The molecule has 1 fully saturated rings. The lowest BCUT2D eigenvalue weighted by atomic mass is 9.90. The summed E-state index contributed by atoms with van der Waals surface area (Å²) in [5.74, 6) is -0.140. The van der Waals surface area contributed by atoms with E-state index in [0.717, 1.165) is 39.8 Å². The van der Waals surface area contributed by atoms with Gasteiger partial charge in [-0.1, -0.05) is 48.5 Å². The van der Waals surface area contributed by atoms with Crippen molar-refractivity contribution in [1.29, 1.82) is 0 Å². The van der Waals surface area contributed by atoms with E-state index in [1.54, 1.807) is 18.9 Å². The van der Waals surface area contributed by atoms with Crippen molar-refractivity contribution < 1.29 is 19.1 Å². The van der Waals surface area contributed by atoms with Crippen LogP contribution in [0.15, 0.2) is 60.7 Å². The first-order chi connectivity index (χ1) is 15.9. The number of fused-ring (bicyclic) bond motifs is 2. The number of rotatable bonds is 4. The molecule has 1 saturated heterocycles. The largest absolute Gasteiger partial charge is 0.495 e. The average Bonchev–Trinajstić information content (AvgIpc) is 3.06. The Morgan fingerprint density at radius 2 is 1.85 bits per heavy atom. The molecule has 2 heterocycles. The molecule has 0 aromatic heterocycles. The summed E-state index contributed by atoms with van der Waals surface area (Å²) in [7, 11) is 1.57. The monoisotopic (exact) mass is 443 g/mol. The topological polar surface area (TPSA) is 79.0 Å². The van der Waals surface area contributed by atoms with Gasteiger partial charge in [0, 0.05) is 6.54 Å². The number of aryl methyl sites for hydroxylation is 1. The second kappa shape index (κ2) is 7.92. The van der Waals surface area contributed by atoms with Crippen molar-refractivity contribution >= 4 is 34.3 Å². The molecule has 3 aromatic rings. The average molecular weight is 444 g/mol. The van der Waals surface area contributed by atoms with Gasteiger partial charge in [-0.05, 0) is 53.8 Å². The number of amides is 4. The van der Waals surface area contributed by atoms with Crippen molar-refractivity contribution in [1.82, 2.24) is 10.2 Å².